The number of rotatable bonds is 4. The van der Waals surface area contributed by atoms with E-state index in [0.29, 0.717) is 11.7 Å². The zero-order chi connectivity index (χ0) is 11.4. The quantitative estimate of drug-likeness (QED) is 0.659. The molecule has 0 spiro atoms. The van der Waals surface area contributed by atoms with Crippen LogP contribution >= 0.6 is 23.1 Å². The molecule has 0 saturated carbocycles. The summed E-state index contributed by atoms with van der Waals surface area (Å²) in [5.41, 5.74) is 0. The molecule has 1 saturated heterocycles. The van der Waals surface area contributed by atoms with E-state index in [1.807, 2.05) is 0 Å². The Hall–Kier alpha value is -0.660. The minimum Gasteiger partial charge on any atom is -0.368 e. The summed E-state index contributed by atoms with van der Waals surface area (Å²) >= 11 is 3.02. The molecule has 1 atom stereocenters. The lowest BCUT2D eigenvalue weighted by atomic mass is 10.2. The van der Waals surface area contributed by atoms with Crippen molar-refractivity contribution in [3.05, 3.63) is 0 Å². The van der Waals surface area contributed by atoms with Gasteiger partial charge >= 0.3 is 0 Å². The maximum absolute atomic E-state index is 11.7. The maximum atomic E-state index is 11.7. The van der Waals surface area contributed by atoms with Crippen LogP contribution in [0.15, 0.2) is 4.34 Å². The predicted molar refractivity (Wildman–Crippen MR) is 63.9 cm³/mol. The van der Waals surface area contributed by atoms with Gasteiger partial charge in [-0.2, -0.15) is 0 Å². The van der Waals surface area contributed by atoms with Gasteiger partial charge in [0.15, 0.2) is 4.34 Å². The number of carbonyl (C=O) groups is 1. The Morgan fingerprint density at radius 2 is 2.56 bits per heavy atom. The van der Waals surface area contributed by atoms with Crippen LogP contribution in [0.3, 0.4) is 0 Å². The van der Waals surface area contributed by atoms with E-state index in [2.05, 4.69) is 22.4 Å². The second-order valence-electron chi connectivity index (χ2n) is 3.30. The molecule has 0 aromatic carbocycles. The fraction of sp³-hybridized carbons (Fsp3) is 0.667. The summed E-state index contributed by atoms with van der Waals surface area (Å²) in [6.07, 6.45) is 1.43. The van der Waals surface area contributed by atoms with E-state index >= 15 is 0 Å². The van der Waals surface area contributed by atoms with Crippen molar-refractivity contribution < 1.29 is 9.53 Å². The van der Waals surface area contributed by atoms with E-state index in [-0.39, 0.29) is 12.0 Å². The highest BCUT2D eigenvalue weighted by Gasteiger charge is 2.24. The normalized spacial score (nSPS) is 19.9. The number of thioether (sulfide) groups is 1. The smallest absolute Gasteiger partial charge is 0.255 e. The van der Waals surface area contributed by atoms with Crippen LogP contribution in [0.25, 0.3) is 0 Å². The Labute approximate surface area is 102 Å². The molecule has 7 heteroatoms. The first-order valence-electron chi connectivity index (χ1n) is 5.18. The van der Waals surface area contributed by atoms with Gasteiger partial charge in [0.1, 0.15) is 6.10 Å². The highest BCUT2D eigenvalue weighted by Crippen LogP contribution is 2.25. The minimum atomic E-state index is -0.314. The number of nitrogens with one attached hydrogen (secondary N) is 1. The molecule has 2 heterocycles. The molecule has 0 bridgehead atoms. The van der Waals surface area contributed by atoms with E-state index in [9.17, 15) is 4.79 Å². The third-order valence-corrected chi connectivity index (χ3v) is 3.98. The van der Waals surface area contributed by atoms with Crippen molar-refractivity contribution in [2.24, 2.45) is 0 Å². The summed E-state index contributed by atoms with van der Waals surface area (Å²) in [7, 11) is 0. The zero-order valence-electron chi connectivity index (χ0n) is 8.93. The SMILES string of the molecule is CCSc1nnc(NC(=O)[C@@H]2CCCO2)s1. The van der Waals surface area contributed by atoms with Gasteiger partial charge in [0.05, 0.1) is 0 Å². The Morgan fingerprint density at radius 3 is 3.25 bits per heavy atom. The summed E-state index contributed by atoms with van der Waals surface area (Å²) in [5.74, 6) is 0.843. The summed E-state index contributed by atoms with van der Waals surface area (Å²) in [4.78, 5) is 11.7. The zero-order valence-corrected chi connectivity index (χ0v) is 10.6. The van der Waals surface area contributed by atoms with Gasteiger partial charge in [-0.25, -0.2) is 0 Å². The van der Waals surface area contributed by atoms with Gasteiger partial charge in [-0.05, 0) is 18.6 Å². The number of anilines is 1. The van der Waals surface area contributed by atoms with E-state index in [0.717, 1.165) is 22.9 Å². The molecule has 0 aliphatic carbocycles. The van der Waals surface area contributed by atoms with Crippen LogP contribution in [0.4, 0.5) is 5.13 Å². The summed E-state index contributed by atoms with van der Waals surface area (Å²) in [5, 5.41) is 11.2. The van der Waals surface area contributed by atoms with Gasteiger partial charge in [-0.1, -0.05) is 30.0 Å². The van der Waals surface area contributed by atoms with Gasteiger partial charge in [0.25, 0.3) is 5.91 Å². The highest BCUT2D eigenvalue weighted by atomic mass is 32.2. The number of aromatic nitrogens is 2. The molecule has 1 aliphatic heterocycles. The lowest BCUT2D eigenvalue weighted by molar-refractivity contribution is -0.124. The van der Waals surface area contributed by atoms with Crippen LogP contribution in [0.5, 0.6) is 0 Å². The monoisotopic (exact) mass is 259 g/mol. The van der Waals surface area contributed by atoms with E-state index in [1.54, 1.807) is 11.8 Å². The first-order valence-corrected chi connectivity index (χ1v) is 6.98. The lowest BCUT2D eigenvalue weighted by Crippen LogP contribution is -2.26. The molecular formula is C9H13N3O2S2. The summed E-state index contributed by atoms with van der Waals surface area (Å²) in [6.45, 7) is 2.72. The van der Waals surface area contributed by atoms with Crippen LogP contribution in [-0.2, 0) is 9.53 Å². The van der Waals surface area contributed by atoms with Gasteiger partial charge < -0.3 is 4.74 Å². The number of carbonyl (C=O) groups excluding carboxylic acids is 1. The Balaban J connectivity index is 1.89. The molecule has 1 aromatic heterocycles. The third kappa shape index (κ3) is 2.93. The number of hydrogen-bond donors (Lipinski definition) is 1. The number of hydrogen-bond acceptors (Lipinski definition) is 6. The molecule has 1 aliphatic rings. The molecule has 0 unspecified atom stereocenters. The molecule has 16 heavy (non-hydrogen) atoms. The van der Waals surface area contributed by atoms with Gasteiger partial charge in [-0.3, -0.25) is 10.1 Å². The largest absolute Gasteiger partial charge is 0.368 e. The molecule has 2 rings (SSSR count). The number of nitrogens with zero attached hydrogens (tertiary/aromatic N) is 2. The molecule has 88 valence electrons. The molecular weight excluding hydrogens is 246 g/mol. The van der Waals surface area contributed by atoms with Crippen molar-refractivity contribution in [2.45, 2.75) is 30.2 Å². The van der Waals surface area contributed by atoms with Crippen LogP contribution in [0.1, 0.15) is 19.8 Å². The van der Waals surface area contributed by atoms with Gasteiger partial charge in [0.2, 0.25) is 5.13 Å². The Morgan fingerprint density at radius 1 is 1.69 bits per heavy atom. The second kappa shape index (κ2) is 5.60. The summed E-state index contributed by atoms with van der Waals surface area (Å²) in [6, 6.07) is 0. The van der Waals surface area contributed by atoms with Crippen LogP contribution in [-0.4, -0.2) is 34.6 Å². The van der Waals surface area contributed by atoms with Crippen molar-refractivity contribution in [3.8, 4) is 0 Å². The fourth-order valence-corrected chi connectivity index (χ4v) is 3.06. The number of ether oxygens (including phenoxy) is 1. The van der Waals surface area contributed by atoms with E-state index in [4.69, 9.17) is 4.74 Å². The van der Waals surface area contributed by atoms with Crippen molar-refractivity contribution >= 4 is 34.1 Å². The van der Waals surface area contributed by atoms with Crippen molar-refractivity contribution in [1.82, 2.24) is 10.2 Å². The Kier molecular flexibility index (Phi) is 4.14. The Bertz CT molecular complexity index is 363. The average molecular weight is 259 g/mol. The van der Waals surface area contributed by atoms with E-state index in [1.165, 1.54) is 11.3 Å². The predicted octanol–water partition coefficient (Wildman–Crippen LogP) is 1.77. The molecule has 5 nitrogen and oxygen atoms in total. The first-order chi connectivity index (χ1) is 7.79. The standard InChI is InChI=1S/C9H13N3O2S2/c1-2-15-9-12-11-8(16-9)10-7(13)6-4-3-5-14-6/h6H,2-5H2,1H3,(H,10,11,13)/t6-/m0/s1. The van der Waals surface area contributed by atoms with Crippen LogP contribution < -0.4 is 5.32 Å². The van der Waals surface area contributed by atoms with Gasteiger partial charge in [0, 0.05) is 6.61 Å². The van der Waals surface area contributed by atoms with Crippen molar-refractivity contribution in [1.29, 1.82) is 0 Å². The van der Waals surface area contributed by atoms with Crippen molar-refractivity contribution in [3.63, 3.8) is 0 Å². The van der Waals surface area contributed by atoms with Crippen molar-refractivity contribution in [2.75, 3.05) is 17.7 Å². The average Bonchev–Trinajstić information content (AvgIpc) is 2.89. The van der Waals surface area contributed by atoms with Crippen LogP contribution in [0.2, 0.25) is 0 Å². The van der Waals surface area contributed by atoms with Crippen LogP contribution in [0, 0.1) is 0 Å². The minimum absolute atomic E-state index is 0.110. The lowest BCUT2D eigenvalue weighted by Gasteiger charge is -2.06. The fourth-order valence-electron chi connectivity index (χ4n) is 1.41. The topological polar surface area (TPSA) is 64.1 Å². The molecule has 0 radical (unpaired) electrons. The first kappa shape index (κ1) is 11.8. The molecule has 1 amide bonds. The van der Waals surface area contributed by atoms with Gasteiger partial charge in [-0.15, -0.1) is 10.2 Å². The highest BCUT2D eigenvalue weighted by molar-refractivity contribution is 8.01. The summed E-state index contributed by atoms with van der Waals surface area (Å²) < 4.78 is 6.16. The number of amides is 1. The molecule has 1 N–H and O–H groups in total. The molecule has 1 fully saturated rings. The van der Waals surface area contributed by atoms with E-state index < -0.39 is 0 Å². The molecule has 1 aromatic rings. The third-order valence-electron chi connectivity index (χ3n) is 2.13. The maximum Gasteiger partial charge on any atom is 0.255 e. The second-order valence-corrected chi connectivity index (χ2v) is 5.79.